The van der Waals surface area contributed by atoms with Gasteiger partial charge in [-0.05, 0) is 13.0 Å². The third-order valence-electron chi connectivity index (χ3n) is 1.59. The van der Waals surface area contributed by atoms with Crippen LogP contribution < -0.4 is 5.56 Å². The van der Waals surface area contributed by atoms with Crippen LogP contribution in [0.15, 0.2) is 23.1 Å². The second-order valence-electron chi connectivity index (χ2n) is 2.54. The van der Waals surface area contributed by atoms with Gasteiger partial charge in [-0.3, -0.25) is 4.79 Å². The molecule has 2 aromatic rings. The van der Waals surface area contributed by atoms with Crippen molar-refractivity contribution in [1.29, 1.82) is 0 Å². The highest BCUT2D eigenvalue weighted by Crippen LogP contribution is 2.03. The number of nitrogens with zero attached hydrogens (tertiary/aromatic N) is 2. The molecule has 0 radical (unpaired) electrons. The van der Waals surface area contributed by atoms with E-state index in [-0.39, 0.29) is 5.56 Å². The Labute approximate surface area is 82.0 Å². The smallest absolute Gasteiger partial charge is 0.249 e. The fraction of sp³-hybridized carbons (Fsp3) is 0.300. The molecular weight excluding hydrogens is 178 g/mol. The zero-order chi connectivity index (χ0) is 10.6. The molecule has 0 aliphatic rings. The number of hydrogen-bond acceptors (Lipinski definition) is 3. The van der Waals surface area contributed by atoms with E-state index in [9.17, 15) is 4.79 Å². The van der Waals surface area contributed by atoms with E-state index < -0.39 is 0 Å². The van der Waals surface area contributed by atoms with Crippen molar-refractivity contribution in [2.45, 2.75) is 20.8 Å². The number of aryl methyl sites for hydroxylation is 1. The molecule has 74 valence electrons. The maximum Gasteiger partial charge on any atom is 0.249 e. The minimum atomic E-state index is -0.138. The number of H-pyrrole nitrogens is 1. The van der Waals surface area contributed by atoms with Crippen LogP contribution in [-0.2, 0) is 0 Å². The molecule has 2 aromatic heterocycles. The predicted molar refractivity (Wildman–Crippen MR) is 56.2 cm³/mol. The Morgan fingerprint density at radius 1 is 1.29 bits per heavy atom. The summed E-state index contributed by atoms with van der Waals surface area (Å²) in [6, 6.07) is 3.16. The summed E-state index contributed by atoms with van der Waals surface area (Å²) in [4.78, 5) is 21.6. The van der Waals surface area contributed by atoms with Crippen LogP contribution in [0.4, 0.5) is 0 Å². The lowest BCUT2D eigenvalue weighted by Gasteiger charge is -1.95. The number of nitrogens with one attached hydrogen (secondary N) is 1. The standard InChI is InChI=1S/C8H7N3O.C2H6/c1-5-9-4-6-2-3-7(12)11-8(6)10-5;1-2/h2-4H,1H3,(H,9,10,11,12);1-2H3. The molecule has 0 saturated heterocycles. The van der Waals surface area contributed by atoms with Crippen molar-refractivity contribution in [2.75, 3.05) is 0 Å². The van der Waals surface area contributed by atoms with Gasteiger partial charge in [-0.25, -0.2) is 9.97 Å². The Balaban J connectivity index is 0.000000461. The van der Waals surface area contributed by atoms with Gasteiger partial charge in [0.05, 0.1) is 0 Å². The first kappa shape index (κ1) is 10.4. The molecule has 0 atom stereocenters. The van der Waals surface area contributed by atoms with E-state index in [1.54, 1.807) is 19.2 Å². The molecule has 1 N–H and O–H groups in total. The van der Waals surface area contributed by atoms with Crippen LogP contribution in [0.5, 0.6) is 0 Å². The van der Waals surface area contributed by atoms with Gasteiger partial charge in [0.25, 0.3) is 0 Å². The van der Waals surface area contributed by atoms with Gasteiger partial charge in [0.1, 0.15) is 11.5 Å². The van der Waals surface area contributed by atoms with Gasteiger partial charge in [0, 0.05) is 17.6 Å². The van der Waals surface area contributed by atoms with Crippen molar-refractivity contribution in [3.63, 3.8) is 0 Å². The van der Waals surface area contributed by atoms with Crippen LogP contribution in [0, 0.1) is 6.92 Å². The minimum Gasteiger partial charge on any atom is -0.306 e. The molecule has 0 saturated carbocycles. The van der Waals surface area contributed by atoms with Crippen molar-refractivity contribution >= 4 is 11.0 Å². The number of pyridine rings is 1. The van der Waals surface area contributed by atoms with E-state index >= 15 is 0 Å². The van der Waals surface area contributed by atoms with E-state index in [1.807, 2.05) is 13.8 Å². The van der Waals surface area contributed by atoms with E-state index in [2.05, 4.69) is 15.0 Å². The first-order valence-electron chi connectivity index (χ1n) is 4.58. The molecule has 0 amide bonds. The zero-order valence-corrected chi connectivity index (χ0v) is 8.53. The number of rotatable bonds is 0. The van der Waals surface area contributed by atoms with Crippen LogP contribution in [-0.4, -0.2) is 15.0 Å². The zero-order valence-electron chi connectivity index (χ0n) is 8.53. The topological polar surface area (TPSA) is 58.6 Å². The predicted octanol–water partition coefficient (Wildman–Crippen LogP) is 1.65. The highest BCUT2D eigenvalue weighted by atomic mass is 16.1. The summed E-state index contributed by atoms with van der Waals surface area (Å²) in [5.74, 6) is 0.657. The van der Waals surface area contributed by atoms with Crippen LogP contribution >= 0.6 is 0 Å². The molecule has 2 heterocycles. The molecule has 14 heavy (non-hydrogen) atoms. The number of hydrogen-bond donors (Lipinski definition) is 1. The van der Waals surface area contributed by atoms with Gasteiger partial charge in [0.2, 0.25) is 5.56 Å². The molecule has 2 rings (SSSR count). The summed E-state index contributed by atoms with van der Waals surface area (Å²) >= 11 is 0. The summed E-state index contributed by atoms with van der Waals surface area (Å²) in [5, 5.41) is 0.847. The molecule has 0 fully saturated rings. The number of fused-ring (bicyclic) bond motifs is 1. The number of aromatic amines is 1. The third-order valence-corrected chi connectivity index (χ3v) is 1.59. The maximum absolute atomic E-state index is 10.9. The van der Waals surface area contributed by atoms with E-state index in [1.165, 1.54) is 6.07 Å². The average molecular weight is 191 g/mol. The van der Waals surface area contributed by atoms with Gasteiger partial charge in [-0.15, -0.1) is 0 Å². The Hall–Kier alpha value is -1.71. The lowest BCUT2D eigenvalue weighted by atomic mass is 10.3. The van der Waals surface area contributed by atoms with Crippen LogP contribution in [0.25, 0.3) is 11.0 Å². The summed E-state index contributed by atoms with van der Waals surface area (Å²) in [7, 11) is 0. The quantitative estimate of drug-likeness (QED) is 0.688. The largest absolute Gasteiger partial charge is 0.306 e. The van der Waals surface area contributed by atoms with Gasteiger partial charge in [0.15, 0.2) is 0 Å². The highest BCUT2D eigenvalue weighted by molar-refractivity contribution is 5.72. The Kier molecular flexibility index (Phi) is 3.34. The van der Waals surface area contributed by atoms with Crippen LogP contribution in [0.2, 0.25) is 0 Å². The number of aromatic nitrogens is 3. The molecule has 0 aromatic carbocycles. The highest BCUT2D eigenvalue weighted by Gasteiger charge is 1.95. The van der Waals surface area contributed by atoms with Crippen molar-refractivity contribution in [3.8, 4) is 0 Å². The second kappa shape index (κ2) is 4.50. The third kappa shape index (κ3) is 2.16. The van der Waals surface area contributed by atoms with Gasteiger partial charge in [-0.2, -0.15) is 0 Å². The molecule has 4 nitrogen and oxygen atoms in total. The van der Waals surface area contributed by atoms with Crippen LogP contribution in [0.3, 0.4) is 0 Å². The van der Waals surface area contributed by atoms with Crippen molar-refractivity contribution in [1.82, 2.24) is 15.0 Å². The lowest BCUT2D eigenvalue weighted by Crippen LogP contribution is -2.04. The molecule has 0 aliphatic heterocycles. The lowest BCUT2D eigenvalue weighted by molar-refractivity contribution is 1.06. The van der Waals surface area contributed by atoms with Crippen molar-refractivity contribution < 1.29 is 0 Å². The van der Waals surface area contributed by atoms with E-state index in [0.717, 1.165) is 5.39 Å². The maximum atomic E-state index is 10.9. The van der Waals surface area contributed by atoms with E-state index in [4.69, 9.17) is 0 Å². The Bertz CT molecular complexity index is 476. The van der Waals surface area contributed by atoms with Gasteiger partial charge >= 0.3 is 0 Å². The van der Waals surface area contributed by atoms with Gasteiger partial charge < -0.3 is 4.98 Å². The molecular formula is C10H13N3O. The van der Waals surface area contributed by atoms with E-state index in [0.29, 0.717) is 11.5 Å². The van der Waals surface area contributed by atoms with Gasteiger partial charge in [-0.1, -0.05) is 13.8 Å². The van der Waals surface area contributed by atoms with Crippen LogP contribution in [0.1, 0.15) is 19.7 Å². The fourth-order valence-electron chi connectivity index (χ4n) is 1.03. The Morgan fingerprint density at radius 2 is 2.00 bits per heavy atom. The first-order chi connectivity index (χ1) is 6.75. The first-order valence-corrected chi connectivity index (χ1v) is 4.58. The summed E-state index contributed by atoms with van der Waals surface area (Å²) < 4.78 is 0. The molecule has 0 unspecified atom stereocenters. The summed E-state index contributed by atoms with van der Waals surface area (Å²) in [6.45, 7) is 5.78. The molecule has 0 spiro atoms. The fourth-order valence-corrected chi connectivity index (χ4v) is 1.03. The Morgan fingerprint density at radius 3 is 2.71 bits per heavy atom. The summed E-state index contributed by atoms with van der Waals surface area (Å²) in [6.07, 6.45) is 1.69. The minimum absolute atomic E-state index is 0.138. The van der Waals surface area contributed by atoms with Crippen molar-refractivity contribution in [3.05, 3.63) is 34.5 Å². The normalized spacial score (nSPS) is 9.36. The monoisotopic (exact) mass is 191 g/mol. The molecule has 0 aliphatic carbocycles. The average Bonchev–Trinajstić information content (AvgIpc) is 2.20. The molecule has 0 bridgehead atoms. The SMILES string of the molecule is CC.Cc1ncc2ccc(=O)[nH]c2n1. The second-order valence-corrected chi connectivity index (χ2v) is 2.54. The summed E-state index contributed by atoms with van der Waals surface area (Å²) in [5.41, 5.74) is 0.454. The molecule has 4 heteroatoms. The van der Waals surface area contributed by atoms with Crippen molar-refractivity contribution in [2.24, 2.45) is 0 Å².